The fraction of sp³-hybridized carbons (Fsp3) is 0.208. The predicted octanol–water partition coefficient (Wildman–Crippen LogP) is 4.13. The zero-order chi connectivity index (χ0) is 24.9. The van der Waals surface area contributed by atoms with E-state index in [-0.39, 0.29) is 11.4 Å². The highest BCUT2D eigenvalue weighted by atomic mass is 16.6. The van der Waals surface area contributed by atoms with Gasteiger partial charge in [-0.2, -0.15) is 0 Å². The first kappa shape index (κ1) is 23.6. The molecule has 1 aromatic heterocycles. The van der Waals surface area contributed by atoms with Crippen molar-refractivity contribution in [1.82, 2.24) is 5.32 Å². The maximum absolute atomic E-state index is 12.4. The molecule has 1 saturated heterocycles. The summed E-state index contributed by atoms with van der Waals surface area (Å²) in [4.78, 5) is 36.4. The van der Waals surface area contributed by atoms with Gasteiger partial charge in [-0.25, -0.2) is 0 Å². The summed E-state index contributed by atoms with van der Waals surface area (Å²) in [5.74, 6) is 0.120. The minimum atomic E-state index is -0.506. The molecule has 0 aliphatic carbocycles. The minimum Gasteiger partial charge on any atom is -0.456 e. The average molecular weight is 477 g/mol. The number of amides is 1. The number of rotatable bonds is 7. The van der Waals surface area contributed by atoms with Gasteiger partial charge in [-0.15, -0.1) is 0 Å². The molecule has 2 aromatic carbocycles. The largest absolute Gasteiger partial charge is 0.456 e. The van der Waals surface area contributed by atoms with E-state index in [9.17, 15) is 25.0 Å². The van der Waals surface area contributed by atoms with Crippen LogP contribution in [-0.2, 0) is 4.79 Å². The quantitative estimate of drug-likeness (QED) is 0.294. The second-order valence-corrected chi connectivity index (χ2v) is 8.00. The number of benzene rings is 2. The van der Waals surface area contributed by atoms with Crippen LogP contribution < -0.4 is 15.5 Å². The topological polar surface area (TPSA) is 144 Å². The lowest BCUT2D eigenvalue weighted by Crippen LogP contribution is -2.43. The molecule has 2 N–H and O–H groups in total. The van der Waals surface area contributed by atoms with E-state index in [4.69, 9.17) is 4.42 Å². The van der Waals surface area contributed by atoms with Crippen molar-refractivity contribution in [2.45, 2.75) is 6.92 Å². The van der Waals surface area contributed by atoms with E-state index in [1.807, 2.05) is 4.90 Å². The third-order valence-corrected chi connectivity index (χ3v) is 5.54. The molecule has 0 saturated carbocycles. The second kappa shape index (κ2) is 10.2. The van der Waals surface area contributed by atoms with Crippen LogP contribution >= 0.6 is 0 Å². The van der Waals surface area contributed by atoms with Crippen molar-refractivity contribution < 1.29 is 19.1 Å². The van der Waals surface area contributed by atoms with Gasteiger partial charge in [-0.05, 0) is 48.9 Å². The number of carbonyl (C=O) groups excluding carboxylic acids is 1. The van der Waals surface area contributed by atoms with Crippen LogP contribution in [0.4, 0.5) is 22.7 Å². The average Bonchev–Trinajstić information content (AvgIpc) is 3.32. The fourth-order valence-electron chi connectivity index (χ4n) is 3.85. The van der Waals surface area contributed by atoms with Gasteiger partial charge in [-0.1, -0.05) is 6.07 Å². The summed E-state index contributed by atoms with van der Waals surface area (Å²) in [6, 6.07) is 12.6. The maximum Gasteiger partial charge on any atom is 0.294 e. The predicted molar refractivity (Wildman–Crippen MR) is 131 cm³/mol. The van der Waals surface area contributed by atoms with Crippen LogP contribution in [0.25, 0.3) is 17.4 Å². The number of furan rings is 1. The van der Waals surface area contributed by atoms with Gasteiger partial charge in [0, 0.05) is 50.1 Å². The van der Waals surface area contributed by atoms with Crippen molar-refractivity contribution >= 4 is 34.7 Å². The zero-order valence-electron chi connectivity index (χ0n) is 18.9. The highest BCUT2D eigenvalue weighted by Crippen LogP contribution is 2.33. The molecular weight excluding hydrogens is 454 g/mol. The van der Waals surface area contributed by atoms with E-state index < -0.39 is 15.8 Å². The molecule has 0 spiro atoms. The Morgan fingerprint density at radius 3 is 2.49 bits per heavy atom. The third-order valence-electron chi connectivity index (χ3n) is 5.54. The van der Waals surface area contributed by atoms with Gasteiger partial charge >= 0.3 is 0 Å². The molecule has 1 aliphatic heterocycles. The van der Waals surface area contributed by atoms with E-state index in [1.54, 1.807) is 43.3 Å². The first-order valence-electron chi connectivity index (χ1n) is 10.9. The molecule has 4 rings (SSSR count). The lowest BCUT2D eigenvalue weighted by molar-refractivity contribution is -0.384. The number of anilines is 2. The van der Waals surface area contributed by atoms with E-state index in [0.717, 1.165) is 18.7 Å². The van der Waals surface area contributed by atoms with Crippen molar-refractivity contribution in [3.63, 3.8) is 0 Å². The summed E-state index contributed by atoms with van der Waals surface area (Å²) < 4.78 is 5.66. The molecular formula is C24H23N5O6. The maximum atomic E-state index is 12.4. The Labute approximate surface area is 200 Å². The molecule has 180 valence electrons. The first-order valence-corrected chi connectivity index (χ1v) is 10.9. The Balaban J connectivity index is 1.47. The normalized spacial score (nSPS) is 13.7. The van der Waals surface area contributed by atoms with Crippen molar-refractivity contribution in [1.29, 1.82) is 0 Å². The van der Waals surface area contributed by atoms with E-state index >= 15 is 0 Å². The van der Waals surface area contributed by atoms with Gasteiger partial charge in [0.05, 0.1) is 15.4 Å². The molecule has 3 aromatic rings. The Morgan fingerprint density at radius 2 is 1.77 bits per heavy atom. The molecule has 0 bridgehead atoms. The summed E-state index contributed by atoms with van der Waals surface area (Å²) >= 11 is 0. The molecule has 0 atom stereocenters. The second-order valence-electron chi connectivity index (χ2n) is 8.00. The summed E-state index contributed by atoms with van der Waals surface area (Å²) in [6.07, 6.45) is 2.64. The van der Waals surface area contributed by atoms with Gasteiger partial charge in [-0.3, -0.25) is 25.0 Å². The molecule has 11 nitrogen and oxygen atoms in total. The lowest BCUT2D eigenvalue weighted by Gasteiger charge is -2.29. The summed E-state index contributed by atoms with van der Waals surface area (Å²) in [6.45, 7) is 4.57. The van der Waals surface area contributed by atoms with Gasteiger partial charge in [0.25, 0.3) is 11.4 Å². The molecule has 2 heterocycles. The van der Waals surface area contributed by atoms with Gasteiger partial charge in [0.1, 0.15) is 17.2 Å². The van der Waals surface area contributed by atoms with E-state index in [1.165, 1.54) is 24.3 Å². The minimum absolute atomic E-state index is 0.0709. The number of nitro groups is 2. The molecule has 35 heavy (non-hydrogen) atoms. The first-order chi connectivity index (χ1) is 16.8. The van der Waals surface area contributed by atoms with Crippen molar-refractivity contribution in [3.8, 4) is 11.3 Å². The Hall–Kier alpha value is -4.51. The number of carbonyl (C=O) groups is 1. The van der Waals surface area contributed by atoms with Crippen LogP contribution in [0.2, 0.25) is 0 Å². The third kappa shape index (κ3) is 5.53. The smallest absolute Gasteiger partial charge is 0.294 e. The highest BCUT2D eigenvalue weighted by Gasteiger charge is 2.22. The van der Waals surface area contributed by atoms with E-state index in [2.05, 4.69) is 10.6 Å². The standard InChI is InChI=1S/C24H23N5O6/c1-16-2-6-19(21(14-16)28(31)32)23-8-4-18(35-23)5-9-24(30)26-17-3-7-20(22(15-17)29(33)34)27-12-10-25-11-13-27/h2-9,14-15,25H,10-13H2,1H3,(H,26,30)/b9-5+. The van der Waals surface area contributed by atoms with Gasteiger partial charge in [0.15, 0.2) is 0 Å². The molecule has 1 aliphatic rings. The van der Waals surface area contributed by atoms with Crippen LogP contribution in [0.5, 0.6) is 0 Å². The molecule has 0 radical (unpaired) electrons. The van der Waals surface area contributed by atoms with Crippen LogP contribution in [0, 0.1) is 27.2 Å². The van der Waals surface area contributed by atoms with Crippen LogP contribution in [-0.4, -0.2) is 41.9 Å². The molecule has 1 fully saturated rings. The van der Waals surface area contributed by atoms with Gasteiger partial charge in [0.2, 0.25) is 5.91 Å². The number of nitrogens with one attached hydrogen (secondary N) is 2. The highest BCUT2D eigenvalue weighted by molar-refractivity contribution is 6.02. The number of aryl methyl sites for hydroxylation is 1. The van der Waals surface area contributed by atoms with Crippen molar-refractivity contribution in [2.24, 2.45) is 0 Å². The van der Waals surface area contributed by atoms with Gasteiger partial charge < -0.3 is 20.0 Å². The van der Waals surface area contributed by atoms with E-state index in [0.29, 0.717) is 41.5 Å². The SMILES string of the molecule is Cc1ccc(-c2ccc(/C=C/C(=O)Nc3ccc(N4CCNCC4)c([N+](=O)[O-])c3)o2)c([N+](=O)[O-])c1. The molecule has 1 amide bonds. The number of nitrogens with zero attached hydrogens (tertiary/aromatic N) is 3. The number of hydrogen-bond donors (Lipinski definition) is 2. The van der Waals surface area contributed by atoms with Crippen LogP contribution in [0.15, 0.2) is 59.0 Å². The van der Waals surface area contributed by atoms with Crippen LogP contribution in [0.3, 0.4) is 0 Å². The Morgan fingerprint density at radius 1 is 1.03 bits per heavy atom. The Bertz CT molecular complexity index is 1310. The van der Waals surface area contributed by atoms with Crippen molar-refractivity contribution in [2.75, 3.05) is 36.4 Å². The monoisotopic (exact) mass is 477 g/mol. The number of piperazine rings is 1. The molecule has 11 heteroatoms. The summed E-state index contributed by atoms with van der Waals surface area (Å²) in [5.41, 5.74) is 1.74. The zero-order valence-corrected chi connectivity index (χ0v) is 18.9. The summed E-state index contributed by atoms with van der Waals surface area (Å²) in [7, 11) is 0. The lowest BCUT2D eigenvalue weighted by atomic mass is 10.1. The molecule has 0 unspecified atom stereocenters. The number of nitro benzene ring substituents is 2. The number of hydrogen-bond acceptors (Lipinski definition) is 8. The van der Waals surface area contributed by atoms with Crippen LogP contribution in [0.1, 0.15) is 11.3 Å². The summed E-state index contributed by atoms with van der Waals surface area (Å²) in [5, 5.41) is 28.8. The Kier molecular flexibility index (Phi) is 6.88. The fourth-order valence-corrected chi connectivity index (χ4v) is 3.85. The van der Waals surface area contributed by atoms with Crippen molar-refractivity contribution in [3.05, 3.63) is 86.2 Å².